The van der Waals surface area contributed by atoms with Gasteiger partial charge in [0, 0.05) is 22.0 Å². The van der Waals surface area contributed by atoms with Gasteiger partial charge in [0.15, 0.2) is 5.16 Å². The van der Waals surface area contributed by atoms with E-state index in [1.807, 2.05) is 19.9 Å². The number of aromatic nitrogens is 2. The van der Waals surface area contributed by atoms with E-state index >= 15 is 0 Å². The summed E-state index contributed by atoms with van der Waals surface area (Å²) in [5.74, 6) is 0. The van der Waals surface area contributed by atoms with Crippen LogP contribution < -0.4 is 10.9 Å². The normalized spacial score (nSPS) is 11.6. The molecular weight excluding hydrogens is 296 g/mol. The van der Waals surface area contributed by atoms with Gasteiger partial charge in [-0.05, 0) is 49.9 Å². The number of anilines is 1. The molecule has 0 fully saturated rings. The maximum atomic E-state index is 11.4. The Morgan fingerprint density at radius 1 is 1.05 bits per heavy atom. The molecule has 0 saturated heterocycles. The number of hydrogen-bond acceptors (Lipinski definition) is 6. The molecule has 1 heterocycles. The first-order valence-corrected chi connectivity index (χ1v) is 8.04. The molecule has 0 aliphatic heterocycles. The highest BCUT2D eigenvalue weighted by Crippen LogP contribution is 2.29. The maximum absolute atomic E-state index is 11.4. The van der Waals surface area contributed by atoms with Gasteiger partial charge < -0.3 is 5.73 Å². The summed E-state index contributed by atoms with van der Waals surface area (Å²) < 4.78 is 22.8. The zero-order chi connectivity index (χ0) is 14.9. The minimum absolute atomic E-state index is 0.0237. The molecule has 0 saturated carbocycles. The first-order chi connectivity index (χ1) is 9.24. The van der Waals surface area contributed by atoms with Crippen LogP contribution in [-0.2, 0) is 10.0 Å². The molecule has 0 aliphatic rings. The molecule has 0 amide bonds. The third-order valence-corrected chi connectivity index (χ3v) is 4.13. The van der Waals surface area contributed by atoms with E-state index in [1.54, 1.807) is 6.07 Å². The Balaban J connectivity index is 2.41. The SMILES string of the molecule is Cc1cc(C)nc(Sc2cc(N)cc(S(N)(=O)=O)c2)n1. The quantitative estimate of drug-likeness (QED) is 0.656. The number of sulfonamides is 1. The van der Waals surface area contributed by atoms with Crippen LogP contribution in [0.25, 0.3) is 0 Å². The number of aryl methyl sites for hydroxylation is 2. The van der Waals surface area contributed by atoms with Crippen molar-refractivity contribution in [2.75, 3.05) is 5.73 Å². The minimum Gasteiger partial charge on any atom is -0.399 e. The van der Waals surface area contributed by atoms with Gasteiger partial charge in [0.1, 0.15) is 0 Å². The van der Waals surface area contributed by atoms with Crippen LogP contribution in [0.2, 0.25) is 0 Å². The number of hydrogen-bond donors (Lipinski definition) is 2. The topological polar surface area (TPSA) is 112 Å². The Labute approximate surface area is 121 Å². The van der Waals surface area contributed by atoms with Crippen molar-refractivity contribution in [1.82, 2.24) is 9.97 Å². The third kappa shape index (κ3) is 3.69. The first-order valence-electron chi connectivity index (χ1n) is 5.67. The van der Waals surface area contributed by atoms with Crippen molar-refractivity contribution in [3.05, 3.63) is 35.7 Å². The van der Waals surface area contributed by atoms with E-state index in [2.05, 4.69) is 9.97 Å². The molecular formula is C12H14N4O2S2. The molecule has 6 nitrogen and oxygen atoms in total. The second kappa shape index (κ2) is 5.39. The molecule has 2 rings (SSSR count). The second-order valence-electron chi connectivity index (χ2n) is 4.32. The summed E-state index contributed by atoms with van der Waals surface area (Å²) in [5.41, 5.74) is 7.70. The molecule has 0 unspecified atom stereocenters. The number of primary sulfonamides is 1. The predicted molar refractivity (Wildman–Crippen MR) is 77.9 cm³/mol. The fraction of sp³-hybridized carbons (Fsp3) is 0.167. The highest BCUT2D eigenvalue weighted by molar-refractivity contribution is 7.99. The van der Waals surface area contributed by atoms with Crippen molar-refractivity contribution in [2.24, 2.45) is 5.14 Å². The van der Waals surface area contributed by atoms with Crippen LogP contribution in [0.1, 0.15) is 11.4 Å². The van der Waals surface area contributed by atoms with Gasteiger partial charge in [-0.15, -0.1) is 0 Å². The molecule has 0 spiro atoms. The Kier molecular flexibility index (Phi) is 3.98. The summed E-state index contributed by atoms with van der Waals surface area (Å²) in [4.78, 5) is 9.16. The van der Waals surface area contributed by atoms with Crippen molar-refractivity contribution >= 4 is 27.5 Å². The lowest BCUT2D eigenvalue weighted by atomic mass is 10.3. The number of nitrogens with zero attached hydrogens (tertiary/aromatic N) is 2. The van der Waals surface area contributed by atoms with Crippen LogP contribution in [0.5, 0.6) is 0 Å². The van der Waals surface area contributed by atoms with E-state index < -0.39 is 10.0 Å². The van der Waals surface area contributed by atoms with E-state index in [0.29, 0.717) is 15.7 Å². The fourth-order valence-electron chi connectivity index (χ4n) is 1.66. The van der Waals surface area contributed by atoms with E-state index in [1.165, 1.54) is 23.9 Å². The summed E-state index contributed by atoms with van der Waals surface area (Å²) in [6.45, 7) is 3.74. The van der Waals surface area contributed by atoms with Gasteiger partial charge in [0.2, 0.25) is 10.0 Å². The molecule has 4 N–H and O–H groups in total. The number of rotatable bonds is 3. The van der Waals surface area contributed by atoms with Crippen molar-refractivity contribution in [2.45, 2.75) is 28.8 Å². The zero-order valence-electron chi connectivity index (χ0n) is 11.0. The molecule has 20 heavy (non-hydrogen) atoms. The van der Waals surface area contributed by atoms with Crippen LogP contribution in [0.4, 0.5) is 5.69 Å². The molecule has 0 aliphatic carbocycles. The summed E-state index contributed by atoms with van der Waals surface area (Å²) in [7, 11) is -3.79. The van der Waals surface area contributed by atoms with Crippen molar-refractivity contribution in [3.8, 4) is 0 Å². The van der Waals surface area contributed by atoms with Gasteiger partial charge >= 0.3 is 0 Å². The smallest absolute Gasteiger partial charge is 0.238 e. The molecule has 1 aromatic carbocycles. The molecule has 0 bridgehead atoms. The van der Waals surface area contributed by atoms with Gasteiger partial charge in [-0.3, -0.25) is 0 Å². The van der Waals surface area contributed by atoms with Crippen molar-refractivity contribution in [1.29, 1.82) is 0 Å². The average Bonchev–Trinajstić information content (AvgIpc) is 2.25. The maximum Gasteiger partial charge on any atom is 0.238 e. The molecule has 8 heteroatoms. The van der Waals surface area contributed by atoms with E-state index in [-0.39, 0.29) is 4.90 Å². The van der Waals surface area contributed by atoms with Crippen LogP contribution in [-0.4, -0.2) is 18.4 Å². The lowest BCUT2D eigenvalue weighted by Gasteiger charge is -2.06. The summed E-state index contributed by atoms with van der Waals surface area (Å²) in [6, 6.07) is 6.29. The fourth-order valence-corrected chi connectivity index (χ4v) is 3.30. The van der Waals surface area contributed by atoms with Crippen molar-refractivity contribution in [3.63, 3.8) is 0 Å². The highest BCUT2D eigenvalue weighted by atomic mass is 32.2. The zero-order valence-corrected chi connectivity index (χ0v) is 12.6. The number of nitrogens with two attached hydrogens (primary N) is 2. The summed E-state index contributed by atoms with van der Waals surface area (Å²) >= 11 is 1.24. The van der Waals surface area contributed by atoms with E-state index in [4.69, 9.17) is 10.9 Å². The molecule has 2 aromatic rings. The monoisotopic (exact) mass is 310 g/mol. The standard InChI is InChI=1S/C12H14N4O2S2/c1-7-3-8(2)16-12(15-7)19-10-4-9(13)5-11(6-10)20(14,17)18/h3-6H,13H2,1-2H3,(H2,14,17,18). The van der Waals surface area contributed by atoms with Gasteiger partial charge in [0.05, 0.1) is 4.90 Å². The molecule has 0 atom stereocenters. The predicted octanol–water partition coefficient (Wildman–Crippen LogP) is 1.47. The Morgan fingerprint density at radius 2 is 1.65 bits per heavy atom. The highest BCUT2D eigenvalue weighted by Gasteiger charge is 2.11. The molecule has 106 valence electrons. The van der Waals surface area contributed by atoms with Crippen LogP contribution in [0.3, 0.4) is 0 Å². The van der Waals surface area contributed by atoms with Crippen LogP contribution in [0, 0.1) is 13.8 Å². The largest absolute Gasteiger partial charge is 0.399 e. The Morgan fingerprint density at radius 3 is 2.20 bits per heavy atom. The third-order valence-electron chi connectivity index (χ3n) is 2.40. The van der Waals surface area contributed by atoms with Crippen molar-refractivity contribution < 1.29 is 8.42 Å². The summed E-state index contributed by atoms with van der Waals surface area (Å²) in [6.07, 6.45) is 0. The molecule has 1 aromatic heterocycles. The van der Waals surface area contributed by atoms with Gasteiger partial charge in [-0.1, -0.05) is 0 Å². The lowest BCUT2D eigenvalue weighted by Crippen LogP contribution is -2.12. The Bertz CT molecular complexity index is 740. The Hall–Kier alpha value is -1.64. The summed E-state index contributed by atoms with van der Waals surface area (Å²) in [5, 5.41) is 5.65. The van der Waals surface area contributed by atoms with E-state index in [0.717, 1.165) is 11.4 Å². The minimum atomic E-state index is -3.79. The molecule has 0 radical (unpaired) electrons. The van der Waals surface area contributed by atoms with Gasteiger partial charge in [-0.2, -0.15) is 0 Å². The van der Waals surface area contributed by atoms with Crippen LogP contribution in [0.15, 0.2) is 39.2 Å². The van der Waals surface area contributed by atoms with Gasteiger partial charge in [-0.25, -0.2) is 23.5 Å². The van der Waals surface area contributed by atoms with E-state index in [9.17, 15) is 8.42 Å². The first kappa shape index (κ1) is 14.8. The lowest BCUT2D eigenvalue weighted by molar-refractivity contribution is 0.597. The number of nitrogen functional groups attached to an aromatic ring is 1. The second-order valence-corrected chi connectivity index (χ2v) is 6.92. The van der Waals surface area contributed by atoms with Gasteiger partial charge in [0.25, 0.3) is 0 Å². The average molecular weight is 310 g/mol. The van der Waals surface area contributed by atoms with Crippen LogP contribution >= 0.6 is 11.8 Å². The number of benzene rings is 1.